The number of benzene rings is 2. The highest BCUT2D eigenvalue weighted by Gasteiger charge is 2.31. The summed E-state index contributed by atoms with van der Waals surface area (Å²) in [5.74, 6) is -0.390. The van der Waals surface area contributed by atoms with Gasteiger partial charge in [-0.05, 0) is 36.2 Å². The maximum absolute atomic E-state index is 12.5. The maximum Gasteiger partial charge on any atom is 0.337 e. The molecule has 3 rings (SSSR count). The molecular formula is C21H25N3O3. The summed E-state index contributed by atoms with van der Waals surface area (Å²) in [5.41, 5.74) is 2.08. The molecule has 0 unspecified atom stereocenters. The predicted molar refractivity (Wildman–Crippen MR) is 107 cm³/mol. The van der Waals surface area contributed by atoms with Crippen molar-refractivity contribution in [2.24, 2.45) is 0 Å². The Hall–Kier alpha value is -3.02. The number of likely N-dealkylation sites (N-methyl/N-ethyl adjacent to an activating group) is 1. The van der Waals surface area contributed by atoms with Gasteiger partial charge in [-0.3, -0.25) is 0 Å². The molecule has 2 N–H and O–H groups in total. The van der Waals surface area contributed by atoms with Crippen LogP contribution < -0.4 is 15.5 Å². The molecule has 0 spiro atoms. The first-order valence-corrected chi connectivity index (χ1v) is 9.21. The van der Waals surface area contributed by atoms with Crippen molar-refractivity contribution < 1.29 is 14.3 Å². The van der Waals surface area contributed by atoms with Gasteiger partial charge in [0.15, 0.2) is 0 Å². The monoisotopic (exact) mass is 367 g/mol. The van der Waals surface area contributed by atoms with Crippen LogP contribution in [-0.4, -0.2) is 38.2 Å². The van der Waals surface area contributed by atoms with Crippen molar-refractivity contribution in [3.8, 4) is 0 Å². The van der Waals surface area contributed by atoms with E-state index >= 15 is 0 Å². The molecule has 0 fully saturated rings. The standard InChI is InChI=1S/C21H25N3O3/c1-4-17-19(20(25)27-5-2)18(23-21(26)22-17)13-24(3)16-11-10-14-8-6-7-9-15(14)12-16/h6-12,17H,4-5,13H2,1-3H3,(H2,22,23,26)/t17-/m0/s1. The summed E-state index contributed by atoms with van der Waals surface area (Å²) in [6, 6.07) is 13.7. The Morgan fingerprint density at radius 1 is 1.15 bits per heavy atom. The zero-order chi connectivity index (χ0) is 19.4. The third-order valence-electron chi connectivity index (χ3n) is 4.72. The number of esters is 1. The smallest absolute Gasteiger partial charge is 0.337 e. The molecule has 2 aromatic rings. The van der Waals surface area contributed by atoms with E-state index in [0.29, 0.717) is 30.8 Å². The van der Waals surface area contributed by atoms with Crippen molar-refractivity contribution in [2.45, 2.75) is 26.3 Å². The highest BCUT2D eigenvalue weighted by Crippen LogP contribution is 2.23. The van der Waals surface area contributed by atoms with Gasteiger partial charge in [-0.25, -0.2) is 9.59 Å². The summed E-state index contributed by atoms with van der Waals surface area (Å²) in [6.45, 7) is 4.40. The van der Waals surface area contributed by atoms with E-state index in [1.807, 2.05) is 37.1 Å². The lowest BCUT2D eigenvalue weighted by Crippen LogP contribution is -2.52. The van der Waals surface area contributed by atoms with Gasteiger partial charge in [-0.1, -0.05) is 37.3 Å². The van der Waals surface area contributed by atoms with Crippen LogP contribution in [0.15, 0.2) is 53.7 Å². The van der Waals surface area contributed by atoms with Crippen LogP contribution in [0.1, 0.15) is 20.3 Å². The lowest BCUT2D eigenvalue weighted by atomic mass is 10.00. The molecule has 0 aromatic heterocycles. The molecule has 6 nitrogen and oxygen atoms in total. The number of fused-ring (bicyclic) bond motifs is 1. The van der Waals surface area contributed by atoms with Gasteiger partial charge >= 0.3 is 12.0 Å². The van der Waals surface area contributed by atoms with E-state index in [-0.39, 0.29) is 12.1 Å². The van der Waals surface area contributed by atoms with E-state index in [4.69, 9.17) is 4.74 Å². The molecular weight excluding hydrogens is 342 g/mol. The van der Waals surface area contributed by atoms with Gasteiger partial charge in [0, 0.05) is 12.7 Å². The number of ether oxygens (including phenoxy) is 1. The molecule has 0 saturated heterocycles. The first-order chi connectivity index (χ1) is 13.0. The molecule has 0 bridgehead atoms. The molecule has 1 atom stereocenters. The van der Waals surface area contributed by atoms with E-state index < -0.39 is 5.97 Å². The second-order valence-corrected chi connectivity index (χ2v) is 6.56. The fourth-order valence-electron chi connectivity index (χ4n) is 3.33. The number of carbonyl (C=O) groups excluding carboxylic acids is 2. The van der Waals surface area contributed by atoms with E-state index in [1.54, 1.807) is 6.92 Å². The first kappa shape index (κ1) is 18.8. The Kier molecular flexibility index (Phi) is 5.64. The Bertz CT molecular complexity index is 891. The van der Waals surface area contributed by atoms with Crippen LogP contribution in [0.4, 0.5) is 10.5 Å². The number of amides is 2. The van der Waals surface area contributed by atoms with Crippen molar-refractivity contribution >= 4 is 28.5 Å². The minimum atomic E-state index is -0.390. The fourth-order valence-corrected chi connectivity index (χ4v) is 3.33. The van der Waals surface area contributed by atoms with Crippen LogP contribution in [0, 0.1) is 0 Å². The molecule has 1 aliphatic rings. The highest BCUT2D eigenvalue weighted by molar-refractivity contribution is 5.95. The van der Waals surface area contributed by atoms with Crippen LogP contribution >= 0.6 is 0 Å². The van der Waals surface area contributed by atoms with Gasteiger partial charge in [0.05, 0.1) is 30.5 Å². The Morgan fingerprint density at radius 3 is 2.59 bits per heavy atom. The van der Waals surface area contributed by atoms with Crippen LogP contribution in [0.5, 0.6) is 0 Å². The number of nitrogens with zero attached hydrogens (tertiary/aromatic N) is 1. The summed E-state index contributed by atoms with van der Waals surface area (Å²) in [7, 11) is 1.94. The average molecular weight is 367 g/mol. The third kappa shape index (κ3) is 4.05. The summed E-state index contributed by atoms with van der Waals surface area (Å²) in [5, 5.41) is 7.90. The predicted octanol–water partition coefficient (Wildman–Crippen LogP) is 3.18. The van der Waals surface area contributed by atoms with Crippen LogP contribution in [0.2, 0.25) is 0 Å². The zero-order valence-electron chi connectivity index (χ0n) is 15.9. The number of rotatable bonds is 6. The number of hydrogen-bond acceptors (Lipinski definition) is 4. The third-order valence-corrected chi connectivity index (χ3v) is 4.72. The van der Waals surface area contributed by atoms with Gasteiger partial charge in [0.25, 0.3) is 0 Å². The second-order valence-electron chi connectivity index (χ2n) is 6.56. The van der Waals surface area contributed by atoms with Crippen LogP contribution in [0.3, 0.4) is 0 Å². The normalized spacial score (nSPS) is 16.7. The van der Waals surface area contributed by atoms with Gasteiger partial charge in [-0.15, -0.1) is 0 Å². The minimum Gasteiger partial charge on any atom is -0.463 e. The van der Waals surface area contributed by atoms with Crippen molar-refractivity contribution in [3.05, 3.63) is 53.7 Å². The Labute approximate surface area is 159 Å². The molecule has 1 heterocycles. The Balaban J connectivity index is 1.92. The number of anilines is 1. The van der Waals surface area contributed by atoms with E-state index in [2.05, 4.69) is 34.9 Å². The molecule has 27 heavy (non-hydrogen) atoms. The maximum atomic E-state index is 12.5. The Morgan fingerprint density at radius 2 is 1.89 bits per heavy atom. The van der Waals surface area contributed by atoms with E-state index in [0.717, 1.165) is 11.1 Å². The quantitative estimate of drug-likeness (QED) is 0.770. The van der Waals surface area contributed by atoms with Crippen molar-refractivity contribution in [1.29, 1.82) is 0 Å². The number of urea groups is 1. The molecule has 142 valence electrons. The van der Waals surface area contributed by atoms with Gasteiger partial charge in [-0.2, -0.15) is 0 Å². The second kappa shape index (κ2) is 8.12. The number of hydrogen-bond donors (Lipinski definition) is 2. The lowest BCUT2D eigenvalue weighted by Gasteiger charge is -2.31. The van der Waals surface area contributed by atoms with Crippen molar-refractivity contribution in [1.82, 2.24) is 10.6 Å². The van der Waals surface area contributed by atoms with Gasteiger partial charge in [0.2, 0.25) is 0 Å². The number of carbonyl (C=O) groups is 2. The topological polar surface area (TPSA) is 70.7 Å². The van der Waals surface area contributed by atoms with Crippen LogP contribution in [0.25, 0.3) is 10.8 Å². The fraction of sp³-hybridized carbons (Fsp3) is 0.333. The number of nitrogens with one attached hydrogen (secondary N) is 2. The molecule has 0 radical (unpaired) electrons. The summed E-state index contributed by atoms with van der Waals surface area (Å²) < 4.78 is 5.22. The van der Waals surface area contributed by atoms with Crippen molar-refractivity contribution in [3.63, 3.8) is 0 Å². The van der Waals surface area contributed by atoms with Gasteiger partial charge in [0.1, 0.15) is 0 Å². The first-order valence-electron chi connectivity index (χ1n) is 9.21. The minimum absolute atomic E-state index is 0.292. The molecule has 0 saturated carbocycles. The van der Waals surface area contributed by atoms with Gasteiger partial charge < -0.3 is 20.3 Å². The summed E-state index contributed by atoms with van der Waals surface area (Å²) in [4.78, 5) is 26.5. The average Bonchev–Trinajstić information content (AvgIpc) is 2.67. The summed E-state index contributed by atoms with van der Waals surface area (Å²) >= 11 is 0. The highest BCUT2D eigenvalue weighted by atomic mass is 16.5. The van der Waals surface area contributed by atoms with Crippen LogP contribution in [-0.2, 0) is 9.53 Å². The van der Waals surface area contributed by atoms with Crippen molar-refractivity contribution in [2.75, 3.05) is 25.1 Å². The summed E-state index contributed by atoms with van der Waals surface area (Å²) in [6.07, 6.45) is 0.616. The molecule has 2 amide bonds. The molecule has 0 aliphatic carbocycles. The van der Waals surface area contributed by atoms with E-state index in [1.165, 1.54) is 5.39 Å². The van der Waals surface area contributed by atoms with E-state index in [9.17, 15) is 9.59 Å². The SMILES string of the molecule is CCOC(=O)C1=C(CN(C)c2ccc3ccccc3c2)NC(=O)N[C@H]1CC. The zero-order valence-corrected chi connectivity index (χ0v) is 15.9. The molecule has 2 aromatic carbocycles. The largest absolute Gasteiger partial charge is 0.463 e. The lowest BCUT2D eigenvalue weighted by molar-refractivity contribution is -0.139. The molecule has 6 heteroatoms. The molecule has 1 aliphatic heterocycles.